The summed E-state index contributed by atoms with van der Waals surface area (Å²) in [5, 5.41) is 0. The average molecular weight is 274 g/mol. The minimum Gasteiger partial charge on any atom is -0.481 e. The maximum atomic E-state index is 12.0. The summed E-state index contributed by atoms with van der Waals surface area (Å²) in [6.45, 7) is 1.91. The number of pyridine rings is 1. The molecule has 1 saturated heterocycles. The third-order valence-corrected chi connectivity index (χ3v) is 4.65. The minimum absolute atomic E-state index is 0.264. The van der Waals surface area contributed by atoms with Crippen molar-refractivity contribution in [2.24, 2.45) is 5.92 Å². The van der Waals surface area contributed by atoms with Gasteiger partial charge >= 0.3 is 0 Å². The van der Waals surface area contributed by atoms with Crippen LogP contribution in [0.5, 0.6) is 5.88 Å². The van der Waals surface area contributed by atoms with Crippen molar-refractivity contribution in [3.8, 4) is 5.88 Å². The van der Waals surface area contributed by atoms with Gasteiger partial charge in [-0.2, -0.15) is 0 Å². The molecule has 2 atom stereocenters. The fourth-order valence-electron chi connectivity index (χ4n) is 3.70. The molecule has 0 radical (unpaired) electrons. The number of ketones is 1. The van der Waals surface area contributed by atoms with Crippen LogP contribution in [0.3, 0.4) is 0 Å². The molecule has 3 rings (SSSR count). The number of carbonyl (C=O) groups is 1. The summed E-state index contributed by atoms with van der Waals surface area (Å²) in [7, 11) is 1.66. The van der Waals surface area contributed by atoms with Crippen LogP contribution in [0.1, 0.15) is 37.7 Å². The Morgan fingerprint density at radius 2 is 2.30 bits per heavy atom. The zero-order valence-electron chi connectivity index (χ0n) is 12.0. The van der Waals surface area contributed by atoms with E-state index in [0.29, 0.717) is 17.7 Å². The molecule has 0 N–H and O–H groups in total. The number of nitrogens with zero attached hydrogens (tertiary/aromatic N) is 2. The van der Waals surface area contributed by atoms with Crippen molar-refractivity contribution in [3.05, 3.63) is 23.9 Å². The largest absolute Gasteiger partial charge is 0.481 e. The van der Waals surface area contributed by atoms with E-state index in [1.807, 2.05) is 6.07 Å². The first-order chi connectivity index (χ1) is 9.79. The Hall–Kier alpha value is -1.42. The molecule has 2 heterocycles. The predicted octanol–water partition coefficient (Wildman–Crippen LogP) is 2.42. The first-order valence-electron chi connectivity index (χ1n) is 7.54. The van der Waals surface area contributed by atoms with Crippen LogP contribution < -0.4 is 4.74 Å². The lowest BCUT2D eigenvalue weighted by Gasteiger charge is -2.28. The Labute approximate surface area is 120 Å². The van der Waals surface area contributed by atoms with Gasteiger partial charge in [0.1, 0.15) is 5.78 Å². The molecule has 108 valence electrons. The second kappa shape index (κ2) is 5.92. The molecule has 1 aliphatic heterocycles. The molecule has 2 fully saturated rings. The zero-order valence-corrected chi connectivity index (χ0v) is 12.0. The van der Waals surface area contributed by atoms with Crippen molar-refractivity contribution in [3.63, 3.8) is 0 Å². The smallest absolute Gasteiger partial charge is 0.217 e. The second-order valence-electron chi connectivity index (χ2n) is 5.82. The highest BCUT2D eigenvalue weighted by atomic mass is 16.5. The third kappa shape index (κ3) is 2.57. The number of hydrogen-bond donors (Lipinski definition) is 0. The van der Waals surface area contributed by atoms with Crippen molar-refractivity contribution in [2.75, 3.05) is 13.7 Å². The highest BCUT2D eigenvalue weighted by molar-refractivity contribution is 5.83. The number of hydrogen-bond acceptors (Lipinski definition) is 4. The van der Waals surface area contributed by atoms with E-state index >= 15 is 0 Å². The predicted molar refractivity (Wildman–Crippen MR) is 76.6 cm³/mol. The summed E-state index contributed by atoms with van der Waals surface area (Å²) in [5.41, 5.74) is 1.12. The molecule has 0 amide bonds. The SMILES string of the molecule is COc1ncccc1CN1CCCC1C1CCCC1=O. The summed E-state index contributed by atoms with van der Waals surface area (Å²) in [6.07, 6.45) is 7.03. The van der Waals surface area contributed by atoms with Gasteiger partial charge in [0.25, 0.3) is 0 Å². The summed E-state index contributed by atoms with van der Waals surface area (Å²) >= 11 is 0. The van der Waals surface area contributed by atoms with Gasteiger partial charge in [-0.05, 0) is 38.3 Å². The lowest BCUT2D eigenvalue weighted by Crippen LogP contribution is -2.37. The van der Waals surface area contributed by atoms with Gasteiger partial charge in [0.05, 0.1) is 7.11 Å². The lowest BCUT2D eigenvalue weighted by molar-refractivity contribution is -0.122. The normalized spacial score (nSPS) is 27.1. The van der Waals surface area contributed by atoms with E-state index in [1.54, 1.807) is 13.3 Å². The molecule has 1 aromatic heterocycles. The van der Waals surface area contributed by atoms with Gasteiger partial charge in [0.15, 0.2) is 0 Å². The van der Waals surface area contributed by atoms with E-state index < -0.39 is 0 Å². The van der Waals surface area contributed by atoms with Crippen molar-refractivity contribution >= 4 is 5.78 Å². The monoisotopic (exact) mass is 274 g/mol. The molecule has 4 nitrogen and oxygen atoms in total. The van der Waals surface area contributed by atoms with Crippen LogP contribution >= 0.6 is 0 Å². The third-order valence-electron chi connectivity index (χ3n) is 4.65. The minimum atomic E-state index is 0.264. The molecule has 0 aromatic carbocycles. The van der Waals surface area contributed by atoms with Crippen LogP contribution in [0.25, 0.3) is 0 Å². The van der Waals surface area contributed by atoms with Crippen LogP contribution in [-0.2, 0) is 11.3 Å². The molecular formula is C16H22N2O2. The van der Waals surface area contributed by atoms with E-state index in [-0.39, 0.29) is 5.92 Å². The molecule has 1 saturated carbocycles. The van der Waals surface area contributed by atoms with E-state index in [0.717, 1.165) is 44.3 Å². The molecule has 1 aromatic rings. The molecule has 4 heteroatoms. The molecule has 2 unspecified atom stereocenters. The van der Waals surface area contributed by atoms with Crippen molar-refractivity contribution in [2.45, 2.75) is 44.7 Å². The average Bonchev–Trinajstić information content (AvgIpc) is 3.08. The van der Waals surface area contributed by atoms with Crippen LogP contribution in [0.2, 0.25) is 0 Å². The van der Waals surface area contributed by atoms with Crippen LogP contribution in [0, 0.1) is 5.92 Å². The highest BCUT2D eigenvalue weighted by Gasteiger charge is 2.38. The summed E-state index contributed by atoms with van der Waals surface area (Å²) in [4.78, 5) is 18.7. The zero-order chi connectivity index (χ0) is 13.9. The standard InChI is InChI=1S/C16H22N2O2/c1-20-16-12(5-3-9-17-16)11-18-10-4-7-14(18)13-6-2-8-15(13)19/h3,5,9,13-14H,2,4,6-8,10-11H2,1H3. The van der Waals surface area contributed by atoms with Gasteiger partial charge in [-0.3, -0.25) is 9.69 Å². The van der Waals surface area contributed by atoms with Gasteiger partial charge < -0.3 is 4.74 Å². The Morgan fingerprint density at radius 1 is 1.40 bits per heavy atom. The number of aromatic nitrogens is 1. The molecule has 0 bridgehead atoms. The number of likely N-dealkylation sites (tertiary alicyclic amines) is 1. The van der Waals surface area contributed by atoms with Crippen LogP contribution in [0.15, 0.2) is 18.3 Å². The van der Waals surface area contributed by atoms with Gasteiger partial charge in [-0.15, -0.1) is 0 Å². The number of rotatable bonds is 4. The number of carbonyl (C=O) groups excluding carboxylic acids is 1. The van der Waals surface area contributed by atoms with Gasteiger partial charge in [0, 0.05) is 36.7 Å². The fourth-order valence-corrected chi connectivity index (χ4v) is 3.70. The van der Waals surface area contributed by atoms with E-state index in [2.05, 4.69) is 16.0 Å². The second-order valence-corrected chi connectivity index (χ2v) is 5.82. The molecular weight excluding hydrogens is 252 g/mol. The molecule has 2 aliphatic rings. The van der Waals surface area contributed by atoms with E-state index in [4.69, 9.17) is 4.74 Å². The fraction of sp³-hybridized carbons (Fsp3) is 0.625. The summed E-state index contributed by atoms with van der Waals surface area (Å²) in [6, 6.07) is 4.44. The van der Waals surface area contributed by atoms with Crippen LogP contribution in [-0.4, -0.2) is 35.4 Å². The lowest BCUT2D eigenvalue weighted by atomic mass is 9.95. The molecule has 1 aliphatic carbocycles. The van der Waals surface area contributed by atoms with Gasteiger partial charge in [-0.25, -0.2) is 4.98 Å². The van der Waals surface area contributed by atoms with Crippen molar-refractivity contribution in [1.29, 1.82) is 0 Å². The molecule has 20 heavy (non-hydrogen) atoms. The van der Waals surface area contributed by atoms with Gasteiger partial charge in [0.2, 0.25) is 5.88 Å². The number of ether oxygens (including phenoxy) is 1. The van der Waals surface area contributed by atoms with Crippen molar-refractivity contribution < 1.29 is 9.53 Å². The Morgan fingerprint density at radius 3 is 3.05 bits per heavy atom. The van der Waals surface area contributed by atoms with E-state index in [1.165, 1.54) is 6.42 Å². The number of methoxy groups -OCH3 is 1. The highest BCUT2D eigenvalue weighted by Crippen LogP contribution is 2.34. The quantitative estimate of drug-likeness (QED) is 0.845. The maximum Gasteiger partial charge on any atom is 0.217 e. The summed E-state index contributed by atoms with van der Waals surface area (Å²) in [5.74, 6) is 1.44. The first kappa shape index (κ1) is 13.6. The topological polar surface area (TPSA) is 42.4 Å². The first-order valence-corrected chi connectivity index (χ1v) is 7.54. The van der Waals surface area contributed by atoms with E-state index in [9.17, 15) is 4.79 Å². The molecule has 0 spiro atoms. The maximum absolute atomic E-state index is 12.0. The Bertz CT molecular complexity index is 489. The van der Waals surface area contributed by atoms with Crippen molar-refractivity contribution in [1.82, 2.24) is 9.88 Å². The van der Waals surface area contributed by atoms with Gasteiger partial charge in [-0.1, -0.05) is 6.07 Å². The van der Waals surface area contributed by atoms with Crippen LogP contribution in [0.4, 0.5) is 0 Å². The number of Topliss-reactive ketones (excluding diaryl/α,β-unsaturated/α-hetero) is 1. The summed E-state index contributed by atoms with van der Waals surface area (Å²) < 4.78 is 5.33. The Balaban J connectivity index is 1.74. The Kier molecular flexibility index (Phi) is 4.01.